The third-order valence-electron chi connectivity index (χ3n) is 2.59. The van der Waals surface area contributed by atoms with E-state index in [1.54, 1.807) is 10.9 Å². The van der Waals surface area contributed by atoms with Crippen molar-refractivity contribution in [1.29, 1.82) is 0 Å². The first-order valence-corrected chi connectivity index (χ1v) is 4.99. The minimum atomic E-state index is 0.766. The van der Waals surface area contributed by atoms with E-state index < -0.39 is 0 Å². The van der Waals surface area contributed by atoms with Gasteiger partial charge in [0.25, 0.3) is 0 Å². The second kappa shape index (κ2) is 3.16. The zero-order chi connectivity index (χ0) is 11.1. The van der Waals surface area contributed by atoms with Crippen LogP contribution in [0.15, 0.2) is 28.9 Å². The molecule has 0 atom stereocenters. The quantitative estimate of drug-likeness (QED) is 0.621. The maximum Gasteiger partial charge on any atom is 0.153 e. The molecule has 5 heteroatoms. The number of benzene rings is 1. The van der Waals surface area contributed by atoms with Crippen molar-refractivity contribution in [3.8, 4) is 5.69 Å². The van der Waals surface area contributed by atoms with Crippen molar-refractivity contribution >= 4 is 11.0 Å². The molecule has 80 valence electrons. The Balaban J connectivity index is 2.29. The van der Waals surface area contributed by atoms with Crippen LogP contribution in [-0.4, -0.2) is 20.2 Å². The van der Waals surface area contributed by atoms with E-state index in [1.165, 1.54) is 0 Å². The predicted octanol–water partition coefficient (Wildman–Crippen LogP) is 2.03. The van der Waals surface area contributed by atoms with E-state index in [4.69, 9.17) is 4.42 Å². The highest BCUT2D eigenvalue weighted by Crippen LogP contribution is 2.23. The molecule has 5 nitrogen and oxygen atoms in total. The van der Waals surface area contributed by atoms with Crippen LogP contribution in [0.2, 0.25) is 0 Å². The summed E-state index contributed by atoms with van der Waals surface area (Å²) in [6, 6.07) is 5.95. The Morgan fingerprint density at radius 3 is 2.88 bits per heavy atom. The number of hydrogen-bond acceptors (Lipinski definition) is 4. The number of furan rings is 1. The van der Waals surface area contributed by atoms with Gasteiger partial charge in [-0.15, -0.1) is 5.10 Å². The molecule has 2 aromatic heterocycles. The Morgan fingerprint density at radius 2 is 2.12 bits per heavy atom. The van der Waals surface area contributed by atoms with Crippen molar-refractivity contribution < 1.29 is 4.42 Å². The van der Waals surface area contributed by atoms with Crippen LogP contribution in [0.4, 0.5) is 0 Å². The fourth-order valence-electron chi connectivity index (χ4n) is 1.83. The number of nitrogens with zero attached hydrogens (tertiary/aromatic N) is 4. The highest BCUT2D eigenvalue weighted by molar-refractivity contribution is 5.82. The number of fused-ring (bicyclic) bond motifs is 1. The molecular weight excluding hydrogens is 204 g/mol. The molecule has 0 fully saturated rings. The van der Waals surface area contributed by atoms with Gasteiger partial charge in [0.1, 0.15) is 5.58 Å². The van der Waals surface area contributed by atoms with Gasteiger partial charge in [-0.2, -0.15) is 4.68 Å². The Bertz CT molecular complexity index is 653. The Hall–Kier alpha value is -2.17. The van der Waals surface area contributed by atoms with Gasteiger partial charge < -0.3 is 4.42 Å². The minimum absolute atomic E-state index is 0.766. The topological polar surface area (TPSA) is 56.7 Å². The van der Waals surface area contributed by atoms with Crippen LogP contribution in [0.5, 0.6) is 0 Å². The van der Waals surface area contributed by atoms with Crippen molar-refractivity contribution in [3.05, 3.63) is 35.9 Å². The smallest absolute Gasteiger partial charge is 0.153 e. The highest BCUT2D eigenvalue weighted by Gasteiger charge is 2.08. The van der Waals surface area contributed by atoms with E-state index in [0.29, 0.717) is 0 Å². The number of hydrogen-bond donors (Lipinski definition) is 0. The summed E-state index contributed by atoms with van der Waals surface area (Å²) in [4.78, 5) is 0. The van der Waals surface area contributed by atoms with Gasteiger partial charge in [0.05, 0.1) is 12.0 Å². The molecule has 0 saturated carbocycles. The second-order valence-electron chi connectivity index (χ2n) is 3.74. The minimum Gasteiger partial charge on any atom is -0.464 e. The molecule has 3 aromatic rings. The van der Waals surface area contributed by atoms with Crippen LogP contribution >= 0.6 is 0 Å². The molecular formula is C11H10N4O. The summed E-state index contributed by atoms with van der Waals surface area (Å²) in [6.45, 7) is 3.88. The lowest BCUT2D eigenvalue weighted by Gasteiger charge is -2.03. The van der Waals surface area contributed by atoms with Crippen molar-refractivity contribution in [1.82, 2.24) is 20.2 Å². The molecule has 2 heterocycles. The molecule has 0 spiro atoms. The van der Waals surface area contributed by atoms with E-state index in [0.717, 1.165) is 28.0 Å². The van der Waals surface area contributed by atoms with Crippen molar-refractivity contribution in [2.75, 3.05) is 0 Å². The van der Waals surface area contributed by atoms with Gasteiger partial charge in [-0.1, -0.05) is 0 Å². The lowest BCUT2D eigenvalue weighted by Crippen LogP contribution is -1.99. The first-order valence-electron chi connectivity index (χ1n) is 4.99. The molecule has 0 aliphatic heterocycles. The fourth-order valence-corrected chi connectivity index (χ4v) is 1.83. The maximum atomic E-state index is 5.39. The largest absolute Gasteiger partial charge is 0.464 e. The van der Waals surface area contributed by atoms with Crippen LogP contribution in [0.1, 0.15) is 11.4 Å². The van der Waals surface area contributed by atoms with Gasteiger partial charge in [-0.25, -0.2) is 0 Å². The van der Waals surface area contributed by atoms with Gasteiger partial charge in [0, 0.05) is 5.39 Å². The molecule has 1 aromatic carbocycles. The lowest BCUT2D eigenvalue weighted by atomic mass is 10.1. The predicted molar refractivity (Wildman–Crippen MR) is 58.4 cm³/mol. The standard InChI is InChI=1S/C11H10N4O/c1-7-5-10(15-8(2)12-13-14-15)6-9-3-4-16-11(7)9/h3-6H,1-2H3. The molecule has 0 amide bonds. The molecule has 0 unspecified atom stereocenters. The Morgan fingerprint density at radius 1 is 1.25 bits per heavy atom. The zero-order valence-corrected chi connectivity index (χ0v) is 9.01. The van der Waals surface area contributed by atoms with Crippen molar-refractivity contribution in [3.63, 3.8) is 0 Å². The zero-order valence-electron chi connectivity index (χ0n) is 9.01. The van der Waals surface area contributed by atoms with Crippen LogP contribution in [-0.2, 0) is 0 Å². The molecule has 16 heavy (non-hydrogen) atoms. The summed E-state index contributed by atoms with van der Waals surface area (Å²) >= 11 is 0. The number of tetrazole rings is 1. The first kappa shape index (κ1) is 9.08. The monoisotopic (exact) mass is 214 g/mol. The summed E-state index contributed by atoms with van der Waals surface area (Å²) in [5.41, 5.74) is 2.94. The lowest BCUT2D eigenvalue weighted by molar-refractivity contribution is 0.613. The molecule has 0 saturated heterocycles. The number of rotatable bonds is 1. The summed E-state index contributed by atoms with van der Waals surface area (Å²) in [6.07, 6.45) is 1.69. The molecule has 0 aliphatic carbocycles. The number of aryl methyl sites for hydroxylation is 2. The van der Waals surface area contributed by atoms with Gasteiger partial charge in [-0.05, 0) is 48.0 Å². The average Bonchev–Trinajstić information content (AvgIpc) is 2.85. The number of aromatic nitrogens is 4. The van der Waals surface area contributed by atoms with E-state index >= 15 is 0 Å². The second-order valence-corrected chi connectivity index (χ2v) is 3.74. The molecule has 0 bridgehead atoms. The van der Waals surface area contributed by atoms with E-state index in [2.05, 4.69) is 15.5 Å². The van der Waals surface area contributed by atoms with Gasteiger partial charge in [0.15, 0.2) is 5.82 Å². The Kier molecular flexibility index (Phi) is 1.80. The third kappa shape index (κ3) is 1.21. The van der Waals surface area contributed by atoms with Gasteiger partial charge >= 0.3 is 0 Å². The molecule has 0 radical (unpaired) electrons. The van der Waals surface area contributed by atoms with E-state index in [-0.39, 0.29) is 0 Å². The molecule has 0 aliphatic rings. The fraction of sp³-hybridized carbons (Fsp3) is 0.182. The van der Waals surface area contributed by atoms with Crippen LogP contribution in [0, 0.1) is 13.8 Å². The maximum absolute atomic E-state index is 5.39. The first-order chi connectivity index (χ1) is 7.75. The van der Waals surface area contributed by atoms with E-state index in [1.807, 2.05) is 32.0 Å². The van der Waals surface area contributed by atoms with E-state index in [9.17, 15) is 0 Å². The van der Waals surface area contributed by atoms with Crippen LogP contribution < -0.4 is 0 Å². The van der Waals surface area contributed by atoms with Crippen LogP contribution in [0.3, 0.4) is 0 Å². The van der Waals surface area contributed by atoms with Gasteiger partial charge in [-0.3, -0.25) is 0 Å². The SMILES string of the molecule is Cc1cc(-n2nnnc2C)cc2ccoc12. The average molecular weight is 214 g/mol. The Labute approximate surface area is 91.7 Å². The summed E-state index contributed by atoms with van der Waals surface area (Å²) in [5, 5.41) is 12.5. The normalized spacial score (nSPS) is 11.1. The summed E-state index contributed by atoms with van der Waals surface area (Å²) in [7, 11) is 0. The van der Waals surface area contributed by atoms with Crippen molar-refractivity contribution in [2.45, 2.75) is 13.8 Å². The highest BCUT2D eigenvalue weighted by atomic mass is 16.3. The summed E-state index contributed by atoms with van der Waals surface area (Å²) in [5.74, 6) is 0.766. The molecule has 3 rings (SSSR count). The van der Waals surface area contributed by atoms with Gasteiger partial charge in [0.2, 0.25) is 0 Å². The third-order valence-corrected chi connectivity index (χ3v) is 2.59. The van der Waals surface area contributed by atoms with Crippen molar-refractivity contribution in [2.24, 2.45) is 0 Å². The molecule has 0 N–H and O–H groups in total. The summed E-state index contributed by atoms with van der Waals surface area (Å²) < 4.78 is 7.10. The van der Waals surface area contributed by atoms with Crippen LogP contribution in [0.25, 0.3) is 16.7 Å².